The Morgan fingerprint density at radius 2 is 1.63 bits per heavy atom. The van der Waals surface area contributed by atoms with Gasteiger partial charge in [0.15, 0.2) is 9.84 Å². The summed E-state index contributed by atoms with van der Waals surface area (Å²) >= 11 is 0. The van der Waals surface area contributed by atoms with Crippen LogP contribution < -0.4 is 15.0 Å². The van der Waals surface area contributed by atoms with Crippen LogP contribution in [0.3, 0.4) is 0 Å². The van der Waals surface area contributed by atoms with Crippen LogP contribution in [-0.2, 0) is 25.8 Å². The number of carbonyl (C=O) groups excluding carboxylic acids is 2. The summed E-state index contributed by atoms with van der Waals surface area (Å²) in [5, 5.41) is 2.89. The number of nitrogens with one attached hydrogen (secondary N) is 1. The zero-order valence-electron chi connectivity index (χ0n) is 21.3. The fourth-order valence-corrected chi connectivity index (χ4v) is 5.37. The molecule has 3 aromatic carbocycles. The van der Waals surface area contributed by atoms with E-state index >= 15 is 0 Å². The second-order valence-electron chi connectivity index (χ2n) is 9.13. The molecule has 8 nitrogen and oxygen atoms in total. The number of piperazine rings is 1. The van der Waals surface area contributed by atoms with E-state index in [2.05, 4.69) is 5.32 Å². The maximum atomic E-state index is 13.8. The van der Waals surface area contributed by atoms with Crippen molar-refractivity contribution in [3.63, 3.8) is 0 Å². The first-order valence-electron chi connectivity index (χ1n) is 12.2. The highest BCUT2D eigenvalue weighted by molar-refractivity contribution is 7.90. The predicted octanol–water partition coefficient (Wildman–Crippen LogP) is 2.99. The smallest absolute Gasteiger partial charge is 0.249 e. The molecule has 1 fully saturated rings. The van der Waals surface area contributed by atoms with E-state index in [0.29, 0.717) is 43.2 Å². The number of rotatable bonds is 8. The minimum atomic E-state index is -3.64. The molecule has 200 valence electrons. The third-order valence-corrected chi connectivity index (χ3v) is 7.59. The van der Waals surface area contributed by atoms with Gasteiger partial charge in [0.2, 0.25) is 11.8 Å². The number of nitrogens with zero attached hydrogens (tertiary/aromatic N) is 2. The summed E-state index contributed by atoms with van der Waals surface area (Å²) in [6, 6.07) is 19.0. The lowest BCUT2D eigenvalue weighted by Gasteiger charge is -2.38. The maximum Gasteiger partial charge on any atom is 0.249 e. The molecule has 1 atom stereocenters. The summed E-state index contributed by atoms with van der Waals surface area (Å²) in [4.78, 5) is 30.0. The van der Waals surface area contributed by atoms with Crippen molar-refractivity contribution in [1.29, 1.82) is 0 Å². The van der Waals surface area contributed by atoms with Gasteiger partial charge in [-0.25, -0.2) is 12.8 Å². The molecule has 0 bridgehead atoms. The average molecular weight is 540 g/mol. The van der Waals surface area contributed by atoms with Gasteiger partial charge in [0.25, 0.3) is 0 Å². The van der Waals surface area contributed by atoms with Crippen LogP contribution in [0.1, 0.15) is 17.2 Å². The second-order valence-corrected chi connectivity index (χ2v) is 11.1. The maximum absolute atomic E-state index is 13.8. The van der Waals surface area contributed by atoms with Crippen LogP contribution in [0.2, 0.25) is 0 Å². The molecule has 4 rings (SSSR count). The number of halogens is 1. The van der Waals surface area contributed by atoms with Gasteiger partial charge in [0.05, 0.1) is 24.1 Å². The van der Waals surface area contributed by atoms with Crippen molar-refractivity contribution < 1.29 is 27.1 Å². The fraction of sp³-hybridized carbons (Fsp3) is 0.286. The molecule has 1 N–H and O–H groups in total. The van der Waals surface area contributed by atoms with Crippen molar-refractivity contribution in [1.82, 2.24) is 10.2 Å². The number of carbonyl (C=O) groups is 2. The third-order valence-electron chi connectivity index (χ3n) is 6.46. The molecule has 38 heavy (non-hydrogen) atoms. The van der Waals surface area contributed by atoms with Gasteiger partial charge in [-0.3, -0.25) is 9.59 Å². The van der Waals surface area contributed by atoms with Gasteiger partial charge in [0.1, 0.15) is 17.6 Å². The molecule has 1 aliphatic rings. The average Bonchev–Trinajstić information content (AvgIpc) is 2.92. The number of sulfone groups is 1. The molecule has 3 aromatic rings. The first-order valence-corrected chi connectivity index (χ1v) is 14.1. The Morgan fingerprint density at radius 1 is 0.974 bits per heavy atom. The van der Waals surface area contributed by atoms with Crippen LogP contribution in [0.25, 0.3) is 0 Å². The Hall–Kier alpha value is -3.92. The monoisotopic (exact) mass is 539 g/mol. The van der Waals surface area contributed by atoms with Crippen molar-refractivity contribution in [3.05, 3.63) is 89.7 Å². The van der Waals surface area contributed by atoms with E-state index in [1.165, 1.54) is 12.1 Å². The third kappa shape index (κ3) is 6.49. The van der Waals surface area contributed by atoms with E-state index < -0.39 is 21.7 Å². The van der Waals surface area contributed by atoms with E-state index in [1.807, 2.05) is 23.1 Å². The first-order chi connectivity index (χ1) is 18.2. The van der Waals surface area contributed by atoms with Crippen LogP contribution in [0.15, 0.2) is 77.7 Å². The number of hydrogen-bond acceptors (Lipinski definition) is 6. The molecule has 0 saturated carbocycles. The Bertz CT molecular complexity index is 1390. The van der Waals surface area contributed by atoms with Crippen molar-refractivity contribution in [2.75, 3.05) is 44.4 Å². The molecule has 1 aliphatic heterocycles. The Kier molecular flexibility index (Phi) is 8.31. The minimum absolute atomic E-state index is 0.0785. The van der Waals surface area contributed by atoms with E-state index in [-0.39, 0.29) is 23.1 Å². The van der Waals surface area contributed by atoms with Gasteiger partial charge < -0.3 is 19.9 Å². The Labute approximate surface area is 221 Å². The Morgan fingerprint density at radius 3 is 2.24 bits per heavy atom. The molecule has 0 aliphatic carbocycles. The summed E-state index contributed by atoms with van der Waals surface area (Å²) in [5.41, 5.74) is 1.87. The van der Waals surface area contributed by atoms with Gasteiger partial charge >= 0.3 is 0 Å². The summed E-state index contributed by atoms with van der Waals surface area (Å²) in [5.74, 6) is -0.476. The van der Waals surface area contributed by atoms with Crippen LogP contribution >= 0.6 is 0 Å². The quantitative estimate of drug-likeness (QED) is 0.473. The number of methoxy groups -OCH3 is 1. The van der Waals surface area contributed by atoms with Gasteiger partial charge in [-0.15, -0.1) is 0 Å². The van der Waals surface area contributed by atoms with E-state index in [0.717, 1.165) is 17.9 Å². The topological polar surface area (TPSA) is 96.0 Å². The lowest BCUT2D eigenvalue weighted by atomic mass is 10.0. The van der Waals surface area contributed by atoms with E-state index in [1.54, 1.807) is 48.4 Å². The van der Waals surface area contributed by atoms with Crippen molar-refractivity contribution in [2.45, 2.75) is 17.4 Å². The molecule has 10 heteroatoms. The molecular weight excluding hydrogens is 509 g/mol. The first kappa shape index (κ1) is 27.1. The van der Waals surface area contributed by atoms with Crippen LogP contribution in [0, 0.1) is 5.82 Å². The Balaban J connectivity index is 1.47. The molecule has 1 saturated heterocycles. The number of benzene rings is 3. The standard InChI is InChI=1S/C28H30FN3O5S/c1-37-23-11-8-20(9-12-23)18-26(33)30-27(21-6-4-3-5-7-21)28(34)32-16-14-31(15-17-32)24-13-10-22(29)19-25(24)38(2,35)36/h3-13,19,27H,14-18H2,1-2H3,(H,30,33). The number of amides is 2. The highest BCUT2D eigenvalue weighted by Crippen LogP contribution is 2.28. The van der Waals surface area contributed by atoms with Gasteiger partial charge in [0, 0.05) is 32.4 Å². The number of ether oxygens (including phenoxy) is 1. The van der Waals surface area contributed by atoms with Crippen LogP contribution in [0.5, 0.6) is 5.75 Å². The van der Waals surface area contributed by atoms with E-state index in [9.17, 15) is 22.4 Å². The zero-order chi connectivity index (χ0) is 27.3. The summed E-state index contributed by atoms with van der Waals surface area (Å²) < 4.78 is 43.4. The lowest BCUT2D eigenvalue weighted by Crippen LogP contribution is -2.52. The minimum Gasteiger partial charge on any atom is -0.497 e. The number of anilines is 1. The molecule has 0 aromatic heterocycles. The summed E-state index contributed by atoms with van der Waals surface area (Å²) in [7, 11) is -2.07. The highest BCUT2D eigenvalue weighted by Gasteiger charge is 2.31. The fourth-order valence-electron chi connectivity index (χ4n) is 4.47. The van der Waals surface area contributed by atoms with Gasteiger partial charge in [-0.1, -0.05) is 42.5 Å². The van der Waals surface area contributed by atoms with Crippen LogP contribution in [-0.4, -0.2) is 64.7 Å². The van der Waals surface area contributed by atoms with E-state index in [4.69, 9.17) is 4.74 Å². The normalized spacial score (nSPS) is 14.6. The zero-order valence-corrected chi connectivity index (χ0v) is 22.1. The molecular formula is C28H30FN3O5S. The second kappa shape index (κ2) is 11.6. The lowest BCUT2D eigenvalue weighted by molar-refractivity contribution is -0.136. The van der Waals surface area contributed by atoms with Crippen molar-refractivity contribution >= 4 is 27.3 Å². The van der Waals surface area contributed by atoms with Gasteiger partial charge in [-0.2, -0.15) is 0 Å². The number of hydrogen-bond donors (Lipinski definition) is 1. The molecule has 2 amide bonds. The van der Waals surface area contributed by atoms with Crippen molar-refractivity contribution in [2.24, 2.45) is 0 Å². The van der Waals surface area contributed by atoms with Crippen molar-refractivity contribution in [3.8, 4) is 5.75 Å². The molecule has 1 heterocycles. The largest absolute Gasteiger partial charge is 0.497 e. The van der Waals surface area contributed by atoms with Crippen LogP contribution in [0.4, 0.5) is 10.1 Å². The molecule has 0 spiro atoms. The highest BCUT2D eigenvalue weighted by atomic mass is 32.2. The SMILES string of the molecule is COc1ccc(CC(=O)NC(C(=O)N2CCN(c3ccc(F)cc3S(C)(=O)=O)CC2)c2ccccc2)cc1. The predicted molar refractivity (Wildman–Crippen MR) is 142 cm³/mol. The summed E-state index contributed by atoms with van der Waals surface area (Å²) in [6.45, 7) is 1.36. The summed E-state index contributed by atoms with van der Waals surface area (Å²) in [6.07, 6.45) is 1.15. The van der Waals surface area contributed by atoms with Gasteiger partial charge in [-0.05, 0) is 41.5 Å². The molecule has 0 radical (unpaired) electrons. The molecule has 1 unspecified atom stereocenters.